The molecule has 3 aromatic rings. The topological polar surface area (TPSA) is 77.7 Å². The van der Waals surface area contributed by atoms with Gasteiger partial charge in [-0.2, -0.15) is 4.98 Å². The lowest BCUT2D eigenvalue weighted by Gasteiger charge is -2.16. The predicted molar refractivity (Wildman–Crippen MR) is 107 cm³/mol. The van der Waals surface area contributed by atoms with E-state index in [4.69, 9.17) is 14.0 Å². The van der Waals surface area contributed by atoms with Gasteiger partial charge in [0.1, 0.15) is 11.5 Å². The SMILES string of the molecule is CCOc1ccc(CN2CC(c3noc(-c4cccc(OC)c4)n3)CC2=O)cc1. The predicted octanol–water partition coefficient (Wildman–Crippen LogP) is 3.66. The van der Waals surface area contributed by atoms with Crippen molar-refractivity contribution in [3.05, 3.63) is 59.9 Å². The van der Waals surface area contributed by atoms with Gasteiger partial charge in [0.25, 0.3) is 5.89 Å². The summed E-state index contributed by atoms with van der Waals surface area (Å²) in [6, 6.07) is 15.3. The maximum atomic E-state index is 12.5. The smallest absolute Gasteiger partial charge is 0.258 e. The third kappa shape index (κ3) is 4.23. The van der Waals surface area contributed by atoms with Crippen molar-refractivity contribution in [2.75, 3.05) is 20.3 Å². The maximum Gasteiger partial charge on any atom is 0.258 e. The average Bonchev–Trinajstić information content (AvgIpc) is 3.37. The van der Waals surface area contributed by atoms with Gasteiger partial charge in [0.15, 0.2) is 5.82 Å². The van der Waals surface area contributed by atoms with Gasteiger partial charge in [-0.1, -0.05) is 23.4 Å². The Bertz CT molecular complexity index is 984. The number of benzene rings is 2. The van der Waals surface area contributed by atoms with E-state index in [1.54, 1.807) is 7.11 Å². The van der Waals surface area contributed by atoms with Crippen LogP contribution >= 0.6 is 0 Å². The zero-order chi connectivity index (χ0) is 20.2. The van der Waals surface area contributed by atoms with Crippen LogP contribution in [0.25, 0.3) is 11.5 Å². The molecule has 1 fully saturated rings. The molecule has 1 unspecified atom stereocenters. The Hall–Kier alpha value is -3.35. The summed E-state index contributed by atoms with van der Waals surface area (Å²) < 4.78 is 16.1. The van der Waals surface area contributed by atoms with E-state index < -0.39 is 0 Å². The summed E-state index contributed by atoms with van der Waals surface area (Å²) in [6.45, 7) is 3.72. The van der Waals surface area contributed by atoms with Gasteiger partial charge in [-0.05, 0) is 42.8 Å². The van der Waals surface area contributed by atoms with Gasteiger partial charge < -0.3 is 18.9 Å². The summed E-state index contributed by atoms with van der Waals surface area (Å²) in [5, 5.41) is 4.12. The highest BCUT2D eigenvalue weighted by Gasteiger charge is 2.33. The minimum atomic E-state index is -0.0756. The molecule has 4 rings (SSSR count). The fourth-order valence-corrected chi connectivity index (χ4v) is 3.45. The van der Waals surface area contributed by atoms with Gasteiger partial charge in [0, 0.05) is 31.0 Å². The molecule has 0 bridgehead atoms. The van der Waals surface area contributed by atoms with Crippen molar-refractivity contribution < 1.29 is 18.8 Å². The number of carbonyl (C=O) groups is 1. The molecule has 1 atom stereocenters. The Morgan fingerprint density at radius 2 is 2.00 bits per heavy atom. The molecule has 0 radical (unpaired) electrons. The lowest BCUT2D eigenvalue weighted by molar-refractivity contribution is -0.128. The number of hydrogen-bond acceptors (Lipinski definition) is 6. The van der Waals surface area contributed by atoms with Gasteiger partial charge in [-0.25, -0.2) is 0 Å². The van der Waals surface area contributed by atoms with Crippen LogP contribution in [0.3, 0.4) is 0 Å². The van der Waals surface area contributed by atoms with Crippen molar-refractivity contribution in [1.82, 2.24) is 15.0 Å². The van der Waals surface area contributed by atoms with Crippen LogP contribution in [0.2, 0.25) is 0 Å². The molecule has 1 aliphatic heterocycles. The summed E-state index contributed by atoms with van der Waals surface area (Å²) in [7, 11) is 1.61. The summed E-state index contributed by atoms with van der Waals surface area (Å²) in [4.78, 5) is 18.8. The van der Waals surface area contributed by atoms with Gasteiger partial charge >= 0.3 is 0 Å². The number of ether oxygens (including phenoxy) is 2. The number of methoxy groups -OCH3 is 1. The van der Waals surface area contributed by atoms with Crippen LogP contribution in [-0.2, 0) is 11.3 Å². The molecule has 0 saturated carbocycles. The zero-order valence-electron chi connectivity index (χ0n) is 16.5. The Kier molecular flexibility index (Phi) is 5.46. The highest BCUT2D eigenvalue weighted by atomic mass is 16.5. The van der Waals surface area contributed by atoms with E-state index in [1.807, 2.05) is 60.4 Å². The Morgan fingerprint density at radius 1 is 1.17 bits per heavy atom. The molecule has 29 heavy (non-hydrogen) atoms. The summed E-state index contributed by atoms with van der Waals surface area (Å²) in [5.41, 5.74) is 1.85. The molecule has 1 saturated heterocycles. The molecule has 1 amide bonds. The quantitative estimate of drug-likeness (QED) is 0.610. The summed E-state index contributed by atoms with van der Waals surface area (Å²) in [5.74, 6) is 2.56. The lowest BCUT2D eigenvalue weighted by atomic mass is 10.1. The number of aromatic nitrogens is 2. The molecule has 0 N–H and O–H groups in total. The standard InChI is InChI=1S/C22H23N3O4/c1-3-28-18-9-7-15(8-10-18)13-25-14-17(12-20(25)26)21-23-22(29-24-21)16-5-4-6-19(11-16)27-2/h4-11,17H,3,12-14H2,1-2H3. The van der Waals surface area contributed by atoms with Crippen molar-refractivity contribution in [3.63, 3.8) is 0 Å². The van der Waals surface area contributed by atoms with Crippen LogP contribution in [0, 0.1) is 0 Å². The highest BCUT2D eigenvalue weighted by Crippen LogP contribution is 2.30. The lowest BCUT2D eigenvalue weighted by Crippen LogP contribution is -2.24. The van der Waals surface area contributed by atoms with Crippen LogP contribution in [0.4, 0.5) is 0 Å². The van der Waals surface area contributed by atoms with E-state index >= 15 is 0 Å². The first-order valence-corrected chi connectivity index (χ1v) is 9.63. The van der Waals surface area contributed by atoms with E-state index in [0.717, 1.165) is 22.6 Å². The van der Waals surface area contributed by atoms with Crippen molar-refractivity contribution in [3.8, 4) is 23.0 Å². The molecular weight excluding hydrogens is 370 g/mol. The van der Waals surface area contributed by atoms with E-state index in [-0.39, 0.29) is 11.8 Å². The first-order chi connectivity index (χ1) is 14.2. The molecular formula is C22H23N3O4. The molecule has 1 aliphatic rings. The molecule has 0 aliphatic carbocycles. The zero-order valence-corrected chi connectivity index (χ0v) is 16.5. The van der Waals surface area contributed by atoms with E-state index in [0.29, 0.717) is 37.8 Å². The number of likely N-dealkylation sites (tertiary alicyclic amines) is 1. The molecule has 7 nitrogen and oxygen atoms in total. The second-order valence-electron chi connectivity index (χ2n) is 6.94. The van der Waals surface area contributed by atoms with Gasteiger partial charge in [0.2, 0.25) is 5.91 Å². The number of rotatable bonds is 7. The molecule has 7 heteroatoms. The fourth-order valence-electron chi connectivity index (χ4n) is 3.45. The third-order valence-corrected chi connectivity index (χ3v) is 4.95. The first-order valence-electron chi connectivity index (χ1n) is 9.63. The van der Waals surface area contributed by atoms with Gasteiger partial charge in [0.05, 0.1) is 13.7 Å². The number of amides is 1. The molecule has 2 aromatic carbocycles. The van der Waals surface area contributed by atoms with Crippen LogP contribution < -0.4 is 9.47 Å². The number of hydrogen-bond donors (Lipinski definition) is 0. The van der Waals surface area contributed by atoms with Crippen LogP contribution in [0.5, 0.6) is 11.5 Å². The molecule has 0 spiro atoms. The van der Waals surface area contributed by atoms with Gasteiger partial charge in [-0.3, -0.25) is 4.79 Å². The monoisotopic (exact) mass is 393 g/mol. The Labute approximate surface area is 169 Å². The largest absolute Gasteiger partial charge is 0.497 e. The molecule has 2 heterocycles. The second kappa shape index (κ2) is 8.34. The van der Waals surface area contributed by atoms with Gasteiger partial charge in [-0.15, -0.1) is 0 Å². The van der Waals surface area contributed by atoms with E-state index in [2.05, 4.69) is 10.1 Å². The molecule has 1 aromatic heterocycles. The second-order valence-corrected chi connectivity index (χ2v) is 6.94. The van der Waals surface area contributed by atoms with Crippen LogP contribution in [0.1, 0.15) is 30.7 Å². The van der Waals surface area contributed by atoms with Crippen LogP contribution in [0.15, 0.2) is 53.1 Å². The number of nitrogens with zero attached hydrogens (tertiary/aromatic N) is 3. The number of carbonyl (C=O) groups excluding carboxylic acids is 1. The normalized spacial score (nSPS) is 16.3. The fraction of sp³-hybridized carbons (Fsp3) is 0.318. The van der Waals surface area contributed by atoms with Crippen molar-refractivity contribution >= 4 is 5.91 Å². The minimum Gasteiger partial charge on any atom is -0.497 e. The molecule has 150 valence electrons. The average molecular weight is 393 g/mol. The van der Waals surface area contributed by atoms with Crippen molar-refractivity contribution in [1.29, 1.82) is 0 Å². The summed E-state index contributed by atoms with van der Waals surface area (Å²) >= 11 is 0. The summed E-state index contributed by atoms with van der Waals surface area (Å²) in [6.07, 6.45) is 0.383. The van der Waals surface area contributed by atoms with Crippen molar-refractivity contribution in [2.24, 2.45) is 0 Å². The maximum absolute atomic E-state index is 12.5. The highest BCUT2D eigenvalue weighted by molar-refractivity contribution is 5.79. The van der Waals surface area contributed by atoms with Crippen molar-refractivity contribution in [2.45, 2.75) is 25.8 Å². The third-order valence-electron chi connectivity index (χ3n) is 4.95. The van der Waals surface area contributed by atoms with E-state index in [9.17, 15) is 4.79 Å². The Morgan fingerprint density at radius 3 is 2.76 bits per heavy atom. The van der Waals surface area contributed by atoms with E-state index in [1.165, 1.54) is 0 Å². The minimum absolute atomic E-state index is 0.0756. The van der Waals surface area contributed by atoms with Crippen LogP contribution in [-0.4, -0.2) is 41.2 Å². The first kappa shape index (κ1) is 19.0. The Balaban J connectivity index is 1.43.